The SMILES string of the molecule is CCCCOC(=O)C1OC1c1ccccc1OC. The minimum absolute atomic E-state index is 0.227. The summed E-state index contributed by atoms with van der Waals surface area (Å²) in [6.07, 6.45) is 1.19. The van der Waals surface area contributed by atoms with Gasteiger partial charge in [-0.3, -0.25) is 0 Å². The van der Waals surface area contributed by atoms with Crippen LogP contribution in [0, 0.1) is 0 Å². The number of unbranched alkanes of at least 4 members (excludes halogenated alkanes) is 1. The Kier molecular flexibility index (Phi) is 4.20. The zero-order chi connectivity index (χ0) is 13.0. The van der Waals surface area contributed by atoms with Crippen molar-refractivity contribution in [1.82, 2.24) is 0 Å². The number of benzene rings is 1. The molecule has 2 rings (SSSR count). The van der Waals surface area contributed by atoms with Crippen molar-refractivity contribution < 1.29 is 19.0 Å². The Balaban J connectivity index is 1.92. The van der Waals surface area contributed by atoms with Gasteiger partial charge in [0.2, 0.25) is 0 Å². The number of para-hydroxylation sites is 1. The molecular formula is C14H18O4. The molecule has 2 unspecified atom stereocenters. The van der Waals surface area contributed by atoms with Crippen molar-refractivity contribution in [2.45, 2.75) is 32.0 Å². The molecular weight excluding hydrogens is 232 g/mol. The van der Waals surface area contributed by atoms with E-state index in [1.807, 2.05) is 24.3 Å². The predicted molar refractivity (Wildman–Crippen MR) is 66.5 cm³/mol. The van der Waals surface area contributed by atoms with E-state index in [2.05, 4.69) is 6.92 Å². The molecule has 1 aromatic rings. The lowest BCUT2D eigenvalue weighted by molar-refractivity contribution is -0.145. The number of epoxide rings is 1. The number of hydrogen-bond acceptors (Lipinski definition) is 4. The van der Waals surface area contributed by atoms with Crippen molar-refractivity contribution in [3.05, 3.63) is 29.8 Å². The van der Waals surface area contributed by atoms with Crippen molar-refractivity contribution in [2.24, 2.45) is 0 Å². The summed E-state index contributed by atoms with van der Waals surface area (Å²) in [7, 11) is 1.61. The molecule has 4 heteroatoms. The molecule has 0 aromatic heterocycles. The van der Waals surface area contributed by atoms with Crippen molar-refractivity contribution in [2.75, 3.05) is 13.7 Å². The summed E-state index contributed by atoms with van der Waals surface area (Å²) in [5.74, 6) is 0.464. The molecule has 2 atom stereocenters. The summed E-state index contributed by atoms with van der Waals surface area (Å²) in [4.78, 5) is 11.7. The number of carbonyl (C=O) groups is 1. The summed E-state index contributed by atoms with van der Waals surface area (Å²) in [6.45, 7) is 2.52. The van der Waals surface area contributed by atoms with Gasteiger partial charge in [0.25, 0.3) is 0 Å². The van der Waals surface area contributed by atoms with Crippen LogP contribution in [0.1, 0.15) is 31.4 Å². The molecule has 1 heterocycles. The largest absolute Gasteiger partial charge is 0.496 e. The summed E-state index contributed by atoms with van der Waals surface area (Å²) in [6, 6.07) is 7.55. The summed E-state index contributed by atoms with van der Waals surface area (Å²) < 4.78 is 15.8. The molecule has 1 aromatic carbocycles. The van der Waals surface area contributed by atoms with E-state index < -0.39 is 6.10 Å². The van der Waals surface area contributed by atoms with Gasteiger partial charge in [-0.15, -0.1) is 0 Å². The lowest BCUT2D eigenvalue weighted by Gasteiger charge is -2.05. The van der Waals surface area contributed by atoms with Crippen LogP contribution in [-0.4, -0.2) is 25.8 Å². The number of ether oxygens (including phenoxy) is 3. The van der Waals surface area contributed by atoms with Crippen molar-refractivity contribution in [3.8, 4) is 5.75 Å². The van der Waals surface area contributed by atoms with E-state index >= 15 is 0 Å². The van der Waals surface area contributed by atoms with Crippen LogP contribution in [0.25, 0.3) is 0 Å². The van der Waals surface area contributed by atoms with Gasteiger partial charge >= 0.3 is 5.97 Å². The highest BCUT2D eigenvalue weighted by molar-refractivity contribution is 5.78. The predicted octanol–water partition coefficient (Wildman–Crippen LogP) is 2.48. The van der Waals surface area contributed by atoms with Crippen molar-refractivity contribution in [1.29, 1.82) is 0 Å². The van der Waals surface area contributed by atoms with Gasteiger partial charge in [-0.2, -0.15) is 0 Å². The van der Waals surface area contributed by atoms with Crippen LogP contribution in [0.15, 0.2) is 24.3 Å². The minimum atomic E-state index is -0.474. The Morgan fingerprint density at radius 2 is 2.17 bits per heavy atom. The van der Waals surface area contributed by atoms with Crippen LogP contribution >= 0.6 is 0 Å². The summed E-state index contributed by atoms with van der Waals surface area (Å²) in [5, 5.41) is 0. The normalized spacial score (nSPS) is 21.4. The number of hydrogen-bond donors (Lipinski definition) is 0. The lowest BCUT2D eigenvalue weighted by atomic mass is 10.1. The van der Waals surface area contributed by atoms with Crippen LogP contribution in [0.4, 0.5) is 0 Å². The molecule has 4 nitrogen and oxygen atoms in total. The molecule has 98 valence electrons. The standard InChI is InChI=1S/C14H18O4/c1-3-4-9-17-14(15)13-12(18-13)10-7-5-6-8-11(10)16-2/h5-8,12-13H,3-4,9H2,1-2H3. The molecule has 1 saturated heterocycles. The number of carbonyl (C=O) groups excluding carboxylic acids is 1. The van der Waals surface area contributed by atoms with E-state index in [1.54, 1.807) is 7.11 Å². The second kappa shape index (κ2) is 5.87. The fraction of sp³-hybridized carbons (Fsp3) is 0.500. The van der Waals surface area contributed by atoms with Gasteiger partial charge in [-0.1, -0.05) is 31.5 Å². The average Bonchev–Trinajstić information content (AvgIpc) is 3.19. The molecule has 0 amide bonds. The van der Waals surface area contributed by atoms with Crippen molar-refractivity contribution >= 4 is 5.97 Å². The second-order valence-electron chi connectivity index (χ2n) is 4.24. The second-order valence-corrected chi connectivity index (χ2v) is 4.24. The highest BCUT2D eigenvalue weighted by atomic mass is 16.6. The minimum Gasteiger partial charge on any atom is -0.496 e. The highest BCUT2D eigenvalue weighted by Crippen LogP contribution is 2.43. The first kappa shape index (κ1) is 12.9. The molecule has 1 aliphatic rings. The third-order valence-corrected chi connectivity index (χ3v) is 2.91. The molecule has 0 saturated carbocycles. The Bertz CT molecular complexity index is 416. The lowest BCUT2D eigenvalue weighted by Crippen LogP contribution is -2.13. The fourth-order valence-corrected chi connectivity index (χ4v) is 1.83. The maximum absolute atomic E-state index is 11.7. The molecule has 18 heavy (non-hydrogen) atoms. The number of methoxy groups -OCH3 is 1. The Hall–Kier alpha value is -1.55. The van der Waals surface area contributed by atoms with E-state index in [4.69, 9.17) is 14.2 Å². The Morgan fingerprint density at radius 1 is 1.39 bits per heavy atom. The molecule has 1 fully saturated rings. The molecule has 0 N–H and O–H groups in total. The molecule has 0 aliphatic carbocycles. The smallest absolute Gasteiger partial charge is 0.338 e. The third-order valence-electron chi connectivity index (χ3n) is 2.91. The zero-order valence-corrected chi connectivity index (χ0v) is 10.7. The average molecular weight is 250 g/mol. The quantitative estimate of drug-likeness (QED) is 0.442. The van der Waals surface area contributed by atoms with Crippen LogP contribution in [-0.2, 0) is 14.3 Å². The number of esters is 1. The Morgan fingerprint density at radius 3 is 2.89 bits per heavy atom. The van der Waals surface area contributed by atoms with Gasteiger partial charge in [0.15, 0.2) is 6.10 Å². The van der Waals surface area contributed by atoms with Crippen molar-refractivity contribution in [3.63, 3.8) is 0 Å². The topological polar surface area (TPSA) is 48.1 Å². The van der Waals surface area contributed by atoms with Gasteiger partial charge in [0.1, 0.15) is 11.9 Å². The van der Waals surface area contributed by atoms with Crippen LogP contribution < -0.4 is 4.74 Å². The van der Waals surface area contributed by atoms with E-state index in [1.165, 1.54) is 0 Å². The van der Waals surface area contributed by atoms with Crippen LogP contribution in [0.3, 0.4) is 0 Å². The fourth-order valence-electron chi connectivity index (χ4n) is 1.83. The molecule has 0 radical (unpaired) electrons. The maximum Gasteiger partial charge on any atom is 0.338 e. The van der Waals surface area contributed by atoms with Gasteiger partial charge < -0.3 is 14.2 Å². The van der Waals surface area contributed by atoms with Gasteiger partial charge in [-0.05, 0) is 12.5 Å². The van der Waals surface area contributed by atoms with Crippen LogP contribution in [0.5, 0.6) is 5.75 Å². The maximum atomic E-state index is 11.7. The first-order valence-electron chi connectivity index (χ1n) is 6.23. The van der Waals surface area contributed by atoms with E-state index in [0.717, 1.165) is 24.2 Å². The zero-order valence-electron chi connectivity index (χ0n) is 10.7. The monoisotopic (exact) mass is 250 g/mol. The molecule has 1 aliphatic heterocycles. The third kappa shape index (κ3) is 2.82. The molecule has 0 spiro atoms. The molecule has 0 bridgehead atoms. The number of rotatable bonds is 6. The van der Waals surface area contributed by atoms with Gasteiger partial charge in [0, 0.05) is 5.56 Å². The van der Waals surface area contributed by atoms with E-state index in [9.17, 15) is 4.79 Å². The summed E-state index contributed by atoms with van der Waals surface area (Å²) in [5.41, 5.74) is 0.900. The first-order valence-corrected chi connectivity index (χ1v) is 6.23. The first-order chi connectivity index (χ1) is 8.77. The van der Waals surface area contributed by atoms with Gasteiger partial charge in [-0.25, -0.2) is 4.79 Å². The van der Waals surface area contributed by atoms with E-state index in [-0.39, 0.29) is 12.1 Å². The van der Waals surface area contributed by atoms with Crippen LogP contribution in [0.2, 0.25) is 0 Å². The Labute approximate surface area is 107 Å². The highest BCUT2D eigenvalue weighted by Gasteiger charge is 2.48. The van der Waals surface area contributed by atoms with Gasteiger partial charge in [0.05, 0.1) is 13.7 Å². The summed E-state index contributed by atoms with van der Waals surface area (Å²) >= 11 is 0. The van der Waals surface area contributed by atoms with E-state index in [0.29, 0.717) is 6.61 Å².